The molecule has 1 saturated carbocycles. The van der Waals surface area contributed by atoms with Crippen LogP contribution in [-0.2, 0) is 0 Å². The van der Waals surface area contributed by atoms with Crippen LogP contribution in [0.1, 0.15) is 18.7 Å². The van der Waals surface area contributed by atoms with Crippen molar-refractivity contribution < 1.29 is 4.39 Å². The lowest BCUT2D eigenvalue weighted by Gasteiger charge is -2.21. The highest BCUT2D eigenvalue weighted by Crippen LogP contribution is 2.51. The molecule has 3 rings (SSSR count). The summed E-state index contributed by atoms with van der Waals surface area (Å²) in [5.74, 6) is 2.56. The summed E-state index contributed by atoms with van der Waals surface area (Å²) in [6.07, 6.45) is -0.889. The van der Waals surface area contributed by atoms with E-state index >= 15 is 0 Å². The molecule has 2 fully saturated rings. The van der Waals surface area contributed by atoms with E-state index in [-0.39, 0.29) is 0 Å². The fourth-order valence-corrected chi connectivity index (χ4v) is 3.19. The number of rotatable bonds is 3. The van der Waals surface area contributed by atoms with Gasteiger partial charge in [-0.2, -0.15) is 0 Å². The van der Waals surface area contributed by atoms with E-state index in [9.17, 15) is 4.39 Å². The molecule has 2 aliphatic rings. The Morgan fingerprint density at radius 2 is 1.88 bits per heavy atom. The molecule has 0 amide bonds. The van der Waals surface area contributed by atoms with E-state index in [2.05, 4.69) is 11.8 Å². The Kier molecular flexibility index (Phi) is 2.87. The highest BCUT2D eigenvalue weighted by atomic mass is 35.5. The summed E-state index contributed by atoms with van der Waals surface area (Å²) >= 11 is 5.79. The minimum absolute atomic E-state index is 0.529. The molecule has 0 spiro atoms. The lowest BCUT2D eigenvalue weighted by molar-refractivity contribution is 0.201. The van der Waals surface area contributed by atoms with E-state index < -0.39 is 6.17 Å². The van der Waals surface area contributed by atoms with Crippen molar-refractivity contribution in [3.8, 4) is 0 Å². The van der Waals surface area contributed by atoms with Crippen molar-refractivity contribution in [2.24, 2.45) is 17.8 Å². The number of alkyl halides is 1. The number of benzene rings is 1. The van der Waals surface area contributed by atoms with E-state index in [4.69, 9.17) is 11.6 Å². The maximum atomic E-state index is 14.1. The van der Waals surface area contributed by atoms with Crippen LogP contribution >= 0.6 is 11.6 Å². The van der Waals surface area contributed by atoms with Crippen molar-refractivity contribution in [1.29, 1.82) is 0 Å². The van der Waals surface area contributed by atoms with Crippen molar-refractivity contribution in [2.75, 3.05) is 19.6 Å². The van der Waals surface area contributed by atoms with Gasteiger partial charge in [-0.3, -0.25) is 4.90 Å². The molecule has 1 saturated heterocycles. The fourth-order valence-electron chi connectivity index (χ4n) is 3.06. The molecule has 1 aliphatic heterocycles. The Morgan fingerprint density at radius 3 is 2.47 bits per heavy atom. The molecule has 3 heteroatoms. The standard InChI is InChI=1S/C14H17ClFN/c1-9-12-6-17(7-13(9)12)8-14(16)10-2-4-11(15)5-3-10/h2-5,9,12-14H,6-8H2,1H3/t9?,12-,13+,14-/m1/s1. The minimum Gasteiger partial charge on any atom is -0.300 e. The van der Waals surface area contributed by atoms with Gasteiger partial charge >= 0.3 is 0 Å². The zero-order chi connectivity index (χ0) is 12.0. The number of hydrogen-bond acceptors (Lipinski definition) is 1. The molecule has 0 radical (unpaired) electrons. The van der Waals surface area contributed by atoms with Crippen LogP contribution in [0, 0.1) is 17.8 Å². The molecule has 17 heavy (non-hydrogen) atoms. The SMILES string of the molecule is CC1[C@H]2CN(C[C@@H](F)c3ccc(Cl)cc3)C[C@@H]12. The molecule has 1 unspecified atom stereocenters. The highest BCUT2D eigenvalue weighted by Gasteiger charge is 2.52. The molecule has 1 aromatic carbocycles. The Bertz CT molecular complexity index is 393. The quantitative estimate of drug-likeness (QED) is 0.796. The van der Waals surface area contributed by atoms with Crippen molar-refractivity contribution >= 4 is 11.6 Å². The van der Waals surface area contributed by atoms with Crippen molar-refractivity contribution in [2.45, 2.75) is 13.1 Å². The van der Waals surface area contributed by atoms with E-state index in [1.165, 1.54) is 0 Å². The number of piperidine rings is 1. The third kappa shape index (κ3) is 2.21. The molecule has 0 N–H and O–H groups in total. The summed E-state index contributed by atoms with van der Waals surface area (Å²) in [6, 6.07) is 7.08. The van der Waals surface area contributed by atoms with Crippen LogP contribution in [-0.4, -0.2) is 24.5 Å². The highest BCUT2D eigenvalue weighted by molar-refractivity contribution is 6.30. The Hall–Kier alpha value is -0.600. The van der Waals surface area contributed by atoms with Gasteiger partial charge in [-0.15, -0.1) is 0 Å². The van der Waals surface area contributed by atoms with E-state index in [1.54, 1.807) is 24.3 Å². The van der Waals surface area contributed by atoms with E-state index in [0.29, 0.717) is 11.6 Å². The van der Waals surface area contributed by atoms with Gasteiger partial charge in [-0.05, 0) is 35.4 Å². The van der Waals surface area contributed by atoms with Gasteiger partial charge in [0.05, 0.1) is 0 Å². The van der Waals surface area contributed by atoms with Crippen LogP contribution < -0.4 is 0 Å². The topological polar surface area (TPSA) is 3.24 Å². The Labute approximate surface area is 107 Å². The normalized spacial score (nSPS) is 33.5. The molecular weight excluding hydrogens is 237 g/mol. The first-order valence-electron chi connectivity index (χ1n) is 6.27. The van der Waals surface area contributed by atoms with Crippen LogP contribution in [0.25, 0.3) is 0 Å². The van der Waals surface area contributed by atoms with Crippen LogP contribution in [0.4, 0.5) is 4.39 Å². The molecule has 1 aliphatic carbocycles. The molecule has 0 bridgehead atoms. The first-order chi connectivity index (χ1) is 8.15. The molecule has 1 heterocycles. The van der Waals surface area contributed by atoms with Crippen molar-refractivity contribution in [3.05, 3.63) is 34.9 Å². The average molecular weight is 254 g/mol. The van der Waals surface area contributed by atoms with Crippen molar-refractivity contribution in [3.63, 3.8) is 0 Å². The van der Waals surface area contributed by atoms with Gasteiger partial charge in [0.25, 0.3) is 0 Å². The number of nitrogens with zero attached hydrogens (tertiary/aromatic N) is 1. The van der Waals surface area contributed by atoms with Gasteiger partial charge in [0.15, 0.2) is 0 Å². The predicted octanol–water partition coefficient (Wildman–Crippen LogP) is 3.55. The fraction of sp³-hybridized carbons (Fsp3) is 0.571. The molecule has 0 aromatic heterocycles. The van der Waals surface area contributed by atoms with Crippen molar-refractivity contribution in [1.82, 2.24) is 4.90 Å². The van der Waals surface area contributed by atoms with Crippen LogP contribution in [0.5, 0.6) is 0 Å². The van der Waals surface area contributed by atoms with E-state index in [0.717, 1.165) is 36.4 Å². The van der Waals surface area contributed by atoms with Gasteiger partial charge in [0.2, 0.25) is 0 Å². The Balaban J connectivity index is 1.57. The summed E-state index contributed by atoms with van der Waals surface area (Å²) in [6.45, 7) is 5.00. The maximum Gasteiger partial charge on any atom is 0.138 e. The number of likely N-dealkylation sites (tertiary alicyclic amines) is 1. The summed E-state index contributed by atoms with van der Waals surface area (Å²) in [5, 5.41) is 0.664. The predicted molar refractivity (Wildman–Crippen MR) is 67.9 cm³/mol. The number of fused-ring (bicyclic) bond motifs is 1. The lowest BCUT2D eigenvalue weighted by atomic mass is 10.1. The van der Waals surface area contributed by atoms with Gasteiger partial charge in [-0.1, -0.05) is 30.7 Å². The zero-order valence-corrected chi connectivity index (χ0v) is 10.7. The molecule has 92 valence electrons. The summed E-state index contributed by atoms with van der Waals surface area (Å²) < 4.78 is 14.1. The van der Waals surface area contributed by atoms with Gasteiger partial charge in [0, 0.05) is 24.7 Å². The second kappa shape index (κ2) is 4.25. The molecule has 1 aromatic rings. The summed E-state index contributed by atoms with van der Waals surface area (Å²) in [5.41, 5.74) is 0.739. The third-order valence-electron chi connectivity index (χ3n) is 4.35. The second-order valence-electron chi connectivity index (χ2n) is 5.42. The van der Waals surface area contributed by atoms with Crippen LogP contribution in [0.2, 0.25) is 5.02 Å². The first kappa shape index (κ1) is 11.5. The smallest absolute Gasteiger partial charge is 0.138 e. The van der Waals surface area contributed by atoms with E-state index in [1.807, 2.05) is 0 Å². The largest absolute Gasteiger partial charge is 0.300 e. The second-order valence-corrected chi connectivity index (χ2v) is 5.86. The first-order valence-corrected chi connectivity index (χ1v) is 6.65. The monoisotopic (exact) mass is 253 g/mol. The number of halogens is 2. The lowest BCUT2D eigenvalue weighted by Crippen LogP contribution is -2.27. The average Bonchev–Trinajstić information content (AvgIpc) is 2.76. The van der Waals surface area contributed by atoms with Crippen LogP contribution in [0.15, 0.2) is 24.3 Å². The summed E-state index contributed by atoms with van der Waals surface area (Å²) in [4.78, 5) is 2.26. The third-order valence-corrected chi connectivity index (χ3v) is 4.60. The van der Waals surface area contributed by atoms with Crippen LogP contribution in [0.3, 0.4) is 0 Å². The molecular formula is C14H17ClFN. The molecule has 1 nitrogen and oxygen atoms in total. The van der Waals surface area contributed by atoms with Gasteiger partial charge < -0.3 is 0 Å². The summed E-state index contributed by atoms with van der Waals surface area (Å²) in [7, 11) is 0. The zero-order valence-electron chi connectivity index (χ0n) is 9.94. The minimum atomic E-state index is -0.889. The van der Waals surface area contributed by atoms with Gasteiger partial charge in [-0.25, -0.2) is 4.39 Å². The Morgan fingerprint density at radius 1 is 1.29 bits per heavy atom. The molecule has 4 atom stereocenters. The maximum absolute atomic E-state index is 14.1. The van der Waals surface area contributed by atoms with Gasteiger partial charge in [0.1, 0.15) is 6.17 Å². The number of hydrogen-bond donors (Lipinski definition) is 0.